The number of carbonyl (C=O) groups is 2. The van der Waals surface area contributed by atoms with Crippen LogP contribution in [0.15, 0.2) is 66.7 Å². The van der Waals surface area contributed by atoms with Gasteiger partial charge < -0.3 is 15.0 Å². The summed E-state index contributed by atoms with van der Waals surface area (Å²) in [6.45, 7) is 0.780. The Morgan fingerprint density at radius 2 is 1.66 bits per heavy atom. The highest BCUT2D eigenvalue weighted by Gasteiger charge is 2.32. The second kappa shape index (κ2) is 7.09. The molecule has 0 aliphatic carbocycles. The van der Waals surface area contributed by atoms with E-state index in [1.165, 1.54) is 0 Å². The molecule has 5 heteroatoms. The minimum Gasteiger partial charge on any atom is -0.457 e. The Hall–Kier alpha value is -3.60. The van der Waals surface area contributed by atoms with Crippen molar-refractivity contribution in [3.05, 3.63) is 83.4 Å². The van der Waals surface area contributed by atoms with Crippen LogP contribution in [-0.4, -0.2) is 18.4 Å². The third kappa shape index (κ3) is 3.36. The van der Waals surface area contributed by atoms with E-state index in [1.807, 2.05) is 71.6 Å². The van der Waals surface area contributed by atoms with Crippen LogP contribution >= 0.6 is 0 Å². The van der Waals surface area contributed by atoms with Crippen LogP contribution in [-0.2, 0) is 17.6 Å². The van der Waals surface area contributed by atoms with Crippen molar-refractivity contribution in [2.45, 2.75) is 19.3 Å². The van der Waals surface area contributed by atoms with Gasteiger partial charge in [-0.2, -0.15) is 0 Å². The minimum atomic E-state index is -0.169. The van der Waals surface area contributed by atoms with E-state index in [0.29, 0.717) is 23.4 Å². The lowest BCUT2D eigenvalue weighted by Crippen LogP contribution is -2.31. The van der Waals surface area contributed by atoms with E-state index in [1.54, 1.807) is 0 Å². The van der Waals surface area contributed by atoms with Crippen LogP contribution in [0, 0.1) is 0 Å². The zero-order chi connectivity index (χ0) is 19.8. The summed E-state index contributed by atoms with van der Waals surface area (Å²) in [5.41, 5.74) is 4.38. The summed E-state index contributed by atoms with van der Waals surface area (Å²) in [4.78, 5) is 26.9. The van der Waals surface area contributed by atoms with Crippen molar-refractivity contribution in [2.75, 3.05) is 16.8 Å². The number of hydrogen-bond acceptors (Lipinski definition) is 3. The quantitative estimate of drug-likeness (QED) is 0.717. The molecule has 0 radical (unpaired) electrons. The number of nitrogens with one attached hydrogen (secondary N) is 1. The zero-order valence-electron chi connectivity index (χ0n) is 15.9. The molecule has 0 spiro atoms. The average molecular weight is 384 g/mol. The maximum atomic E-state index is 12.8. The molecule has 29 heavy (non-hydrogen) atoms. The van der Waals surface area contributed by atoms with Gasteiger partial charge in [-0.1, -0.05) is 18.2 Å². The van der Waals surface area contributed by atoms with Crippen molar-refractivity contribution in [1.82, 2.24) is 0 Å². The Kier molecular flexibility index (Phi) is 4.28. The van der Waals surface area contributed by atoms with Crippen LogP contribution in [0.4, 0.5) is 11.4 Å². The Balaban J connectivity index is 1.32. The van der Waals surface area contributed by atoms with Crippen molar-refractivity contribution in [1.29, 1.82) is 0 Å². The molecule has 1 N–H and O–H groups in total. The molecule has 5 nitrogen and oxygen atoms in total. The number of amides is 2. The summed E-state index contributed by atoms with van der Waals surface area (Å²) in [6.07, 6.45) is 2.22. The van der Waals surface area contributed by atoms with E-state index in [4.69, 9.17) is 4.74 Å². The summed E-state index contributed by atoms with van der Waals surface area (Å²) < 4.78 is 5.78. The molecule has 2 aliphatic heterocycles. The maximum Gasteiger partial charge on any atom is 0.255 e. The molecular weight excluding hydrogens is 364 g/mol. The molecule has 0 aromatic heterocycles. The molecule has 0 saturated heterocycles. The summed E-state index contributed by atoms with van der Waals surface area (Å²) in [5, 5.41) is 2.94. The van der Waals surface area contributed by atoms with Crippen LogP contribution in [0.1, 0.15) is 27.9 Å². The lowest BCUT2D eigenvalue weighted by Gasteiger charge is -2.25. The van der Waals surface area contributed by atoms with Gasteiger partial charge in [0.25, 0.3) is 5.91 Å². The molecule has 2 aliphatic rings. The van der Waals surface area contributed by atoms with E-state index >= 15 is 0 Å². The average Bonchev–Trinajstić information content (AvgIpc) is 3.07. The standard InChI is InChI=1S/C24H20N2O3/c27-22-15-17-14-18(13-16-5-4-12-26(22)23(16)17)24(28)25-19-8-10-21(11-9-19)29-20-6-2-1-3-7-20/h1-3,6-11,13-14H,4-5,12,15H2,(H,25,28). The van der Waals surface area contributed by atoms with Gasteiger partial charge in [0.1, 0.15) is 11.5 Å². The lowest BCUT2D eigenvalue weighted by atomic mass is 9.96. The normalized spacial score (nSPS) is 14.5. The molecule has 0 bridgehead atoms. The van der Waals surface area contributed by atoms with Crippen LogP contribution < -0.4 is 15.0 Å². The topological polar surface area (TPSA) is 58.6 Å². The predicted molar refractivity (Wildman–Crippen MR) is 112 cm³/mol. The van der Waals surface area contributed by atoms with Crippen LogP contribution in [0.2, 0.25) is 0 Å². The number of anilines is 2. The molecule has 5 rings (SSSR count). The van der Waals surface area contributed by atoms with Gasteiger partial charge in [-0.15, -0.1) is 0 Å². The van der Waals surface area contributed by atoms with Crippen molar-refractivity contribution in [3.8, 4) is 11.5 Å². The summed E-state index contributed by atoms with van der Waals surface area (Å²) in [5.74, 6) is 1.43. The Bertz CT molecular complexity index is 1090. The van der Waals surface area contributed by atoms with E-state index in [0.717, 1.165) is 42.0 Å². The fourth-order valence-electron chi connectivity index (χ4n) is 4.04. The van der Waals surface area contributed by atoms with Gasteiger partial charge in [0.2, 0.25) is 5.91 Å². The van der Waals surface area contributed by atoms with Crippen molar-refractivity contribution in [3.63, 3.8) is 0 Å². The molecule has 0 saturated carbocycles. The number of rotatable bonds is 4. The monoisotopic (exact) mass is 384 g/mol. The second-order valence-corrected chi connectivity index (χ2v) is 7.36. The summed E-state index contributed by atoms with van der Waals surface area (Å²) >= 11 is 0. The van der Waals surface area contributed by atoms with E-state index in [9.17, 15) is 9.59 Å². The minimum absolute atomic E-state index is 0.132. The first kappa shape index (κ1) is 17.5. The number of ether oxygens (including phenoxy) is 1. The first-order valence-corrected chi connectivity index (χ1v) is 9.78. The highest BCUT2D eigenvalue weighted by atomic mass is 16.5. The summed E-state index contributed by atoms with van der Waals surface area (Å²) in [7, 11) is 0. The van der Waals surface area contributed by atoms with Gasteiger partial charge in [0.15, 0.2) is 0 Å². The van der Waals surface area contributed by atoms with Crippen LogP contribution in [0.5, 0.6) is 11.5 Å². The molecule has 144 valence electrons. The van der Waals surface area contributed by atoms with Gasteiger partial charge in [-0.05, 0) is 72.5 Å². The molecule has 3 aromatic carbocycles. The van der Waals surface area contributed by atoms with Gasteiger partial charge >= 0.3 is 0 Å². The van der Waals surface area contributed by atoms with E-state index in [-0.39, 0.29) is 11.8 Å². The summed E-state index contributed by atoms with van der Waals surface area (Å²) in [6, 6.07) is 20.6. The number of benzene rings is 3. The Morgan fingerprint density at radius 1 is 0.931 bits per heavy atom. The number of aryl methyl sites for hydroxylation is 1. The molecule has 0 atom stereocenters. The van der Waals surface area contributed by atoms with Crippen molar-refractivity contribution >= 4 is 23.2 Å². The third-order valence-electron chi connectivity index (χ3n) is 5.36. The number of carbonyl (C=O) groups excluding carboxylic acids is 2. The highest BCUT2D eigenvalue weighted by molar-refractivity contribution is 6.08. The van der Waals surface area contributed by atoms with Crippen LogP contribution in [0.3, 0.4) is 0 Å². The number of nitrogens with zero attached hydrogens (tertiary/aromatic N) is 1. The zero-order valence-corrected chi connectivity index (χ0v) is 15.9. The molecule has 3 aromatic rings. The highest BCUT2D eigenvalue weighted by Crippen LogP contribution is 2.37. The molecular formula is C24H20N2O3. The van der Waals surface area contributed by atoms with Crippen molar-refractivity contribution in [2.24, 2.45) is 0 Å². The van der Waals surface area contributed by atoms with E-state index in [2.05, 4.69) is 5.32 Å². The smallest absolute Gasteiger partial charge is 0.255 e. The van der Waals surface area contributed by atoms with E-state index < -0.39 is 0 Å². The number of para-hydroxylation sites is 1. The SMILES string of the molecule is O=C(Nc1ccc(Oc2ccccc2)cc1)c1cc2c3c(c1)CC(=O)N3CCC2. The van der Waals surface area contributed by atoms with Crippen molar-refractivity contribution < 1.29 is 14.3 Å². The third-order valence-corrected chi connectivity index (χ3v) is 5.36. The van der Waals surface area contributed by atoms with Gasteiger partial charge in [-0.25, -0.2) is 0 Å². The fraction of sp³-hybridized carbons (Fsp3) is 0.167. The Morgan fingerprint density at radius 3 is 2.45 bits per heavy atom. The second-order valence-electron chi connectivity index (χ2n) is 7.36. The first-order valence-electron chi connectivity index (χ1n) is 9.78. The van der Waals surface area contributed by atoms with Gasteiger partial charge in [0, 0.05) is 17.8 Å². The van der Waals surface area contributed by atoms with Gasteiger partial charge in [0.05, 0.1) is 12.1 Å². The first-order chi connectivity index (χ1) is 14.2. The predicted octanol–water partition coefficient (Wildman–Crippen LogP) is 4.57. The lowest BCUT2D eigenvalue weighted by molar-refractivity contribution is -0.117. The molecule has 0 fully saturated rings. The van der Waals surface area contributed by atoms with Crippen LogP contribution in [0.25, 0.3) is 0 Å². The number of hydrogen-bond donors (Lipinski definition) is 1. The maximum absolute atomic E-state index is 12.8. The Labute approximate surface area is 168 Å². The fourth-order valence-corrected chi connectivity index (χ4v) is 4.04. The van der Waals surface area contributed by atoms with Gasteiger partial charge in [-0.3, -0.25) is 9.59 Å². The molecule has 0 unspecified atom stereocenters. The largest absolute Gasteiger partial charge is 0.457 e. The molecule has 2 heterocycles. The molecule has 2 amide bonds.